The van der Waals surface area contributed by atoms with Crippen molar-refractivity contribution in [2.75, 3.05) is 6.54 Å². The lowest BCUT2D eigenvalue weighted by atomic mass is 10.1. The van der Waals surface area contributed by atoms with Crippen molar-refractivity contribution in [3.8, 4) is 0 Å². The maximum absolute atomic E-state index is 12.1. The van der Waals surface area contributed by atoms with Gasteiger partial charge in [-0.15, -0.1) is 0 Å². The van der Waals surface area contributed by atoms with Crippen molar-refractivity contribution >= 4 is 5.91 Å². The van der Waals surface area contributed by atoms with Crippen LogP contribution in [0.4, 0.5) is 0 Å². The second-order valence-corrected chi connectivity index (χ2v) is 5.10. The van der Waals surface area contributed by atoms with Crippen molar-refractivity contribution in [3.05, 3.63) is 30.1 Å². The van der Waals surface area contributed by atoms with Crippen molar-refractivity contribution in [1.29, 1.82) is 0 Å². The molecular weight excluding hydrogens is 212 g/mol. The van der Waals surface area contributed by atoms with E-state index in [1.165, 1.54) is 0 Å². The standard InChI is InChI=1S/C14H20N2O/c1-11(2)10-14(17)16-9-5-7-13(16)12-6-3-4-8-15-12/h3-4,6,8,11,13H,5,7,9-10H2,1-2H3. The molecule has 0 aliphatic carbocycles. The minimum absolute atomic E-state index is 0.197. The van der Waals surface area contributed by atoms with Gasteiger partial charge in [0.2, 0.25) is 5.91 Å². The van der Waals surface area contributed by atoms with Crippen LogP contribution in [0.5, 0.6) is 0 Å². The summed E-state index contributed by atoms with van der Waals surface area (Å²) in [7, 11) is 0. The molecule has 0 saturated carbocycles. The monoisotopic (exact) mass is 232 g/mol. The van der Waals surface area contributed by atoms with Gasteiger partial charge in [0.15, 0.2) is 0 Å². The number of aromatic nitrogens is 1. The van der Waals surface area contributed by atoms with Crippen molar-refractivity contribution in [2.24, 2.45) is 5.92 Å². The van der Waals surface area contributed by atoms with E-state index in [9.17, 15) is 4.79 Å². The molecule has 1 aliphatic rings. The molecule has 0 spiro atoms. The normalized spacial score (nSPS) is 19.9. The van der Waals surface area contributed by atoms with Crippen LogP contribution in [0.25, 0.3) is 0 Å². The highest BCUT2D eigenvalue weighted by Crippen LogP contribution is 2.31. The van der Waals surface area contributed by atoms with Gasteiger partial charge in [0.1, 0.15) is 0 Å². The van der Waals surface area contributed by atoms with Crippen LogP contribution >= 0.6 is 0 Å². The van der Waals surface area contributed by atoms with Crippen LogP contribution in [0.15, 0.2) is 24.4 Å². The van der Waals surface area contributed by atoms with Gasteiger partial charge in [-0.3, -0.25) is 9.78 Å². The molecule has 1 unspecified atom stereocenters. The number of pyridine rings is 1. The highest BCUT2D eigenvalue weighted by Gasteiger charge is 2.30. The molecule has 0 radical (unpaired) electrons. The highest BCUT2D eigenvalue weighted by molar-refractivity contribution is 5.77. The first-order valence-corrected chi connectivity index (χ1v) is 6.39. The molecule has 92 valence electrons. The van der Waals surface area contributed by atoms with Crippen LogP contribution in [-0.4, -0.2) is 22.3 Å². The summed E-state index contributed by atoms with van der Waals surface area (Å²) in [6.45, 7) is 5.06. The first-order chi connectivity index (χ1) is 8.18. The van der Waals surface area contributed by atoms with Gasteiger partial charge in [-0.05, 0) is 30.9 Å². The zero-order valence-corrected chi connectivity index (χ0v) is 10.6. The Hall–Kier alpha value is -1.38. The van der Waals surface area contributed by atoms with Crippen LogP contribution in [0.2, 0.25) is 0 Å². The molecule has 1 saturated heterocycles. The quantitative estimate of drug-likeness (QED) is 0.803. The van der Waals surface area contributed by atoms with Gasteiger partial charge in [0.05, 0.1) is 11.7 Å². The Kier molecular flexibility index (Phi) is 3.77. The fourth-order valence-corrected chi connectivity index (χ4v) is 2.41. The van der Waals surface area contributed by atoms with Crippen molar-refractivity contribution in [1.82, 2.24) is 9.88 Å². The molecule has 2 heterocycles. The molecule has 3 heteroatoms. The summed E-state index contributed by atoms with van der Waals surface area (Å²) in [4.78, 5) is 18.5. The number of nitrogens with zero attached hydrogens (tertiary/aromatic N) is 2. The summed E-state index contributed by atoms with van der Waals surface area (Å²) in [5.74, 6) is 0.695. The average molecular weight is 232 g/mol. The summed E-state index contributed by atoms with van der Waals surface area (Å²) >= 11 is 0. The maximum Gasteiger partial charge on any atom is 0.223 e. The molecule has 0 aromatic carbocycles. The largest absolute Gasteiger partial charge is 0.334 e. The minimum atomic E-state index is 0.197. The summed E-state index contributed by atoms with van der Waals surface area (Å²) in [5.41, 5.74) is 1.03. The first-order valence-electron chi connectivity index (χ1n) is 6.39. The van der Waals surface area contributed by atoms with Crippen LogP contribution in [0, 0.1) is 5.92 Å². The number of carbonyl (C=O) groups is 1. The predicted molar refractivity (Wildman–Crippen MR) is 67.4 cm³/mol. The Morgan fingerprint density at radius 1 is 1.53 bits per heavy atom. The van der Waals surface area contributed by atoms with Crippen molar-refractivity contribution in [3.63, 3.8) is 0 Å². The third-order valence-corrected chi connectivity index (χ3v) is 3.19. The molecule has 1 aromatic heterocycles. The molecule has 1 fully saturated rings. The van der Waals surface area contributed by atoms with Crippen LogP contribution in [-0.2, 0) is 4.79 Å². The van der Waals surface area contributed by atoms with E-state index in [0.717, 1.165) is 25.1 Å². The van der Waals surface area contributed by atoms with Gasteiger partial charge >= 0.3 is 0 Å². The molecule has 1 aromatic rings. The fourth-order valence-electron chi connectivity index (χ4n) is 2.41. The summed E-state index contributed by atoms with van der Waals surface area (Å²) in [5, 5.41) is 0. The molecular formula is C14H20N2O. The van der Waals surface area contributed by atoms with E-state index in [1.54, 1.807) is 6.20 Å². The number of carbonyl (C=O) groups excluding carboxylic acids is 1. The Bertz CT molecular complexity index is 375. The molecule has 1 amide bonds. The van der Waals surface area contributed by atoms with E-state index in [1.807, 2.05) is 23.1 Å². The molecule has 1 atom stereocenters. The second-order valence-electron chi connectivity index (χ2n) is 5.10. The SMILES string of the molecule is CC(C)CC(=O)N1CCCC1c1ccccn1. The minimum Gasteiger partial charge on any atom is -0.334 e. The zero-order chi connectivity index (χ0) is 12.3. The van der Waals surface area contributed by atoms with E-state index < -0.39 is 0 Å². The van der Waals surface area contributed by atoms with Crippen LogP contribution in [0.1, 0.15) is 44.8 Å². The Morgan fingerprint density at radius 2 is 2.35 bits per heavy atom. The number of hydrogen-bond acceptors (Lipinski definition) is 2. The topological polar surface area (TPSA) is 33.2 Å². The Morgan fingerprint density at radius 3 is 3.00 bits per heavy atom. The third kappa shape index (κ3) is 2.84. The maximum atomic E-state index is 12.1. The summed E-state index contributed by atoms with van der Waals surface area (Å²) in [6, 6.07) is 6.12. The van der Waals surface area contributed by atoms with Crippen LogP contribution < -0.4 is 0 Å². The summed E-state index contributed by atoms with van der Waals surface area (Å²) < 4.78 is 0. The predicted octanol–water partition coefficient (Wildman–Crippen LogP) is 2.79. The van der Waals surface area contributed by atoms with E-state index in [0.29, 0.717) is 12.3 Å². The van der Waals surface area contributed by atoms with E-state index in [4.69, 9.17) is 0 Å². The second kappa shape index (κ2) is 5.30. The van der Waals surface area contributed by atoms with Gasteiger partial charge in [-0.2, -0.15) is 0 Å². The summed E-state index contributed by atoms with van der Waals surface area (Å²) in [6.07, 6.45) is 4.58. The first kappa shape index (κ1) is 12.1. The molecule has 17 heavy (non-hydrogen) atoms. The molecule has 0 bridgehead atoms. The zero-order valence-electron chi connectivity index (χ0n) is 10.6. The van der Waals surface area contributed by atoms with E-state index in [2.05, 4.69) is 18.8 Å². The highest BCUT2D eigenvalue weighted by atomic mass is 16.2. The van der Waals surface area contributed by atoms with E-state index in [-0.39, 0.29) is 11.9 Å². The Balaban J connectivity index is 2.10. The van der Waals surface area contributed by atoms with E-state index >= 15 is 0 Å². The molecule has 0 N–H and O–H groups in total. The lowest BCUT2D eigenvalue weighted by molar-refractivity contribution is -0.133. The number of rotatable bonds is 3. The van der Waals surface area contributed by atoms with Gasteiger partial charge in [-0.1, -0.05) is 19.9 Å². The Labute approximate surface area is 103 Å². The third-order valence-electron chi connectivity index (χ3n) is 3.19. The average Bonchev–Trinajstić information content (AvgIpc) is 2.78. The number of likely N-dealkylation sites (tertiary alicyclic amines) is 1. The van der Waals surface area contributed by atoms with Crippen molar-refractivity contribution < 1.29 is 4.79 Å². The van der Waals surface area contributed by atoms with Gasteiger partial charge in [0, 0.05) is 19.2 Å². The molecule has 1 aliphatic heterocycles. The fraction of sp³-hybridized carbons (Fsp3) is 0.571. The lowest BCUT2D eigenvalue weighted by Gasteiger charge is -2.25. The van der Waals surface area contributed by atoms with Crippen LogP contribution in [0.3, 0.4) is 0 Å². The molecule has 2 rings (SSSR count). The van der Waals surface area contributed by atoms with Gasteiger partial charge in [-0.25, -0.2) is 0 Å². The van der Waals surface area contributed by atoms with Crippen molar-refractivity contribution in [2.45, 2.75) is 39.2 Å². The number of amides is 1. The number of hydrogen-bond donors (Lipinski definition) is 0. The smallest absolute Gasteiger partial charge is 0.223 e. The van der Waals surface area contributed by atoms with Gasteiger partial charge in [0.25, 0.3) is 0 Å². The molecule has 3 nitrogen and oxygen atoms in total. The van der Waals surface area contributed by atoms with Gasteiger partial charge < -0.3 is 4.90 Å². The lowest BCUT2D eigenvalue weighted by Crippen LogP contribution is -2.31.